The third-order valence-electron chi connectivity index (χ3n) is 2.08. The molecule has 3 N–H and O–H groups in total. The zero-order valence-corrected chi connectivity index (χ0v) is 11.2. The summed E-state index contributed by atoms with van der Waals surface area (Å²) >= 11 is 0. The molecule has 116 valence electrons. The van der Waals surface area contributed by atoms with E-state index in [1.54, 1.807) is 0 Å². The van der Waals surface area contributed by atoms with Crippen molar-refractivity contribution in [1.82, 2.24) is 14.5 Å². The van der Waals surface area contributed by atoms with Crippen molar-refractivity contribution < 1.29 is 26.3 Å². The van der Waals surface area contributed by atoms with Gasteiger partial charge in [-0.3, -0.25) is 4.68 Å². The summed E-state index contributed by atoms with van der Waals surface area (Å²) in [7, 11) is -3.81. The van der Waals surface area contributed by atoms with E-state index in [0.717, 1.165) is 6.20 Å². The fraction of sp³-hybridized carbons (Fsp3) is 0.667. The lowest BCUT2D eigenvalue weighted by atomic mass is 10.6. The molecule has 0 spiro atoms. The van der Waals surface area contributed by atoms with E-state index >= 15 is 0 Å². The van der Waals surface area contributed by atoms with Gasteiger partial charge in [-0.15, -0.1) is 0 Å². The Morgan fingerprint density at radius 2 is 2.15 bits per heavy atom. The van der Waals surface area contributed by atoms with E-state index in [0.29, 0.717) is 13.1 Å². The molecule has 1 aromatic heterocycles. The third-order valence-corrected chi connectivity index (χ3v) is 3.50. The van der Waals surface area contributed by atoms with Gasteiger partial charge in [0.25, 0.3) is 0 Å². The number of halogens is 3. The highest BCUT2D eigenvalue weighted by Gasteiger charge is 2.27. The van der Waals surface area contributed by atoms with Gasteiger partial charge in [0.15, 0.2) is 0 Å². The highest BCUT2D eigenvalue weighted by molar-refractivity contribution is 7.89. The van der Waals surface area contributed by atoms with E-state index < -0.39 is 22.8 Å². The molecule has 1 rings (SSSR count). The molecule has 0 radical (unpaired) electrons. The zero-order valence-electron chi connectivity index (χ0n) is 10.4. The molecule has 0 amide bonds. The van der Waals surface area contributed by atoms with E-state index in [4.69, 9.17) is 5.73 Å². The quantitative estimate of drug-likeness (QED) is 0.642. The average Bonchev–Trinajstić information content (AvgIpc) is 2.77. The number of alkyl halides is 3. The number of hydrogen-bond acceptors (Lipinski definition) is 5. The lowest BCUT2D eigenvalue weighted by Gasteiger charge is -2.08. The number of nitrogens with two attached hydrogens (primary N) is 1. The molecule has 0 atom stereocenters. The second-order valence-corrected chi connectivity index (χ2v) is 5.56. The van der Waals surface area contributed by atoms with Crippen LogP contribution in [0.15, 0.2) is 17.3 Å². The normalized spacial score (nSPS) is 12.8. The van der Waals surface area contributed by atoms with Gasteiger partial charge in [-0.1, -0.05) is 0 Å². The van der Waals surface area contributed by atoms with Crippen LogP contribution in [0.5, 0.6) is 0 Å². The van der Waals surface area contributed by atoms with Gasteiger partial charge in [0.05, 0.1) is 19.3 Å². The van der Waals surface area contributed by atoms with E-state index in [-0.39, 0.29) is 18.0 Å². The molecule has 20 heavy (non-hydrogen) atoms. The molecule has 0 aliphatic carbocycles. The van der Waals surface area contributed by atoms with Crippen LogP contribution < -0.4 is 10.5 Å². The van der Waals surface area contributed by atoms with Gasteiger partial charge < -0.3 is 10.5 Å². The first kappa shape index (κ1) is 16.9. The molecule has 7 nitrogen and oxygen atoms in total. The maximum atomic E-state index is 11.8. The lowest BCUT2D eigenvalue weighted by molar-refractivity contribution is -0.173. The van der Waals surface area contributed by atoms with Crippen molar-refractivity contribution in [2.24, 2.45) is 5.73 Å². The Morgan fingerprint density at radius 3 is 2.75 bits per heavy atom. The number of nitrogens with one attached hydrogen (secondary N) is 1. The number of hydrogen-bond donors (Lipinski definition) is 2. The molecule has 0 saturated heterocycles. The molecule has 1 heterocycles. The summed E-state index contributed by atoms with van der Waals surface area (Å²) in [5.41, 5.74) is 5.29. The minimum atomic E-state index is -4.43. The Kier molecular flexibility index (Phi) is 5.92. The van der Waals surface area contributed by atoms with E-state index in [1.807, 2.05) is 0 Å². The molecule has 0 fully saturated rings. The molecule has 0 aromatic carbocycles. The second kappa shape index (κ2) is 7.02. The highest BCUT2D eigenvalue weighted by Crippen LogP contribution is 2.14. The topological polar surface area (TPSA) is 99.2 Å². The summed E-state index contributed by atoms with van der Waals surface area (Å²) in [6.45, 7) is -1.39. The SMILES string of the molecule is NCCn1cc(S(=O)(=O)NCCOCC(F)(F)F)cn1. The molecular weight excluding hydrogens is 301 g/mol. The maximum Gasteiger partial charge on any atom is 0.411 e. The molecule has 0 unspecified atom stereocenters. The van der Waals surface area contributed by atoms with Crippen LogP contribution in [0.4, 0.5) is 13.2 Å². The van der Waals surface area contributed by atoms with Crippen LogP contribution in [0, 0.1) is 0 Å². The van der Waals surface area contributed by atoms with Crippen LogP contribution in [0.25, 0.3) is 0 Å². The van der Waals surface area contributed by atoms with Crippen LogP contribution in [0.2, 0.25) is 0 Å². The summed E-state index contributed by atoms with van der Waals surface area (Å²) in [5, 5.41) is 3.79. The van der Waals surface area contributed by atoms with E-state index in [1.165, 1.54) is 10.9 Å². The Bertz CT molecular complexity index is 515. The van der Waals surface area contributed by atoms with Crippen molar-refractivity contribution in [3.63, 3.8) is 0 Å². The lowest BCUT2D eigenvalue weighted by Crippen LogP contribution is -2.28. The molecule has 1 aromatic rings. The molecular formula is C9H15F3N4O3S. The predicted molar refractivity (Wildman–Crippen MR) is 63.3 cm³/mol. The van der Waals surface area contributed by atoms with Crippen LogP contribution in [0.1, 0.15) is 0 Å². The van der Waals surface area contributed by atoms with Gasteiger partial charge in [-0.2, -0.15) is 18.3 Å². The van der Waals surface area contributed by atoms with Crippen molar-refractivity contribution in [3.8, 4) is 0 Å². The third kappa shape index (κ3) is 5.86. The van der Waals surface area contributed by atoms with E-state index in [2.05, 4.69) is 14.6 Å². The summed E-state index contributed by atoms with van der Waals surface area (Å²) in [6.07, 6.45) is -2.01. The van der Waals surface area contributed by atoms with Gasteiger partial charge in [0.1, 0.15) is 11.5 Å². The minimum absolute atomic E-state index is 0.0817. The van der Waals surface area contributed by atoms with Gasteiger partial charge >= 0.3 is 6.18 Å². The minimum Gasteiger partial charge on any atom is -0.371 e. The molecule has 0 aliphatic heterocycles. The zero-order chi connectivity index (χ0) is 15.2. The predicted octanol–water partition coefficient (Wildman–Crippen LogP) is -0.301. The van der Waals surface area contributed by atoms with Crippen molar-refractivity contribution in [2.45, 2.75) is 17.6 Å². The smallest absolute Gasteiger partial charge is 0.371 e. The Balaban J connectivity index is 2.41. The van der Waals surface area contributed by atoms with Crippen molar-refractivity contribution in [2.75, 3.05) is 26.3 Å². The highest BCUT2D eigenvalue weighted by atomic mass is 32.2. The van der Waals surface area contributed by atoms with E-state index in [9.17, 15) is 21.6 Å². The summed E-state index contributed by atoms with van der Waals surface area (Å²) < 4.78 is 66.5. The summed E-state index contributed by atoms with van der Waals surface area (Å²) in [6, 6.07) is 0. The monoisotopic (exact) mass is 316 g/mol. The first-order valence-electron chi connectivity index (χ1n) is 5.61. The summed E-state index contributed by atoms with van der Waals surface area (Å²) in [5.74, 6) is 0. The first-order chi connectivity index (χ1) is 9.24. The number of sulfonamides is 1. The average molecular weight is 316 g/mol. The Hall–Kier alpha value is -1.17. The van der Waals surface area contributed by atoms with Crippen molar-refractivity contribution >= 4 is 10.0 Å². The number of ether oxygens (including phenoxy) is 1. The maximum absolute atomic E-state index is 11.8. The fourth-order valence-electron chi connectivity index (χ4n) is 1.26. The van der Waals surface area contributed by atoms with Crippen LogP contribution in [0.3, 0.4) is 0 Å². The van der Waals surface area contributed by atoms with Gasteiger partial charge in [0.2, 0.25) is 10.0 Å². The molecule has 0 bridgehead atoms. The van der Waals surface area contributed by atoms with Crippen molar-refractivity contribution in [3.05, 3.63) is 12.4 Å². The Labute approximate surface area is 113 Å². The standard InChI is InChI=1S/C9H15F3N4O3S/c10-9(11,12)7-19-4-2-15-20(17,18)8-5-14-16(6-8)3-1-13/h5-6,15H,1-4,7,13H2. The Morgan fingerprint density at radius 1 is 1.45 bits per heavy atom. The van der Waals surface area contributed by atoms with Gasteiger partial charge in [-0.05, 0) is 0 Å². The largest absolute Gasteiger partial charge is 0.411 e. The number of rotatable bonds is 8. The molecule has 0 aliphatic rings. The fourth-order valence-corrected chi connectivity index (χ4v) is 2.22. The number of aromatic nitrogens is 2. The second-order valence-electron chi connectivity index (χ2n) is 3.79. The molecule has 11 heteroatoms. The van der Waals surface area contributed by atoms with Gasteiger partial charge in [0, 0.05) is 19.3 Å². The van der Waals surface area contributed by atoms with Crippen molar-refractivity contribution in [1.29, 1.82) is 0 Å². The first-order valence-corrected chi connectivity index (χ1v) is 7.09. The summed E-state index contributed by atoms with van der Waals surface area (Å²) in [4.78, 5) is -0.0817. The van der Waals surface area contributed by atoms with Crippen LogP contribution in [-0.4, -0.2) is 50.7 Å². The van der Waals surface area contributed by atoms with Crippen LogP contribution in [-0.2, 0) is 21.3 Å². The number of nitrogens with zero attached hydrogens (tertiary/aromatic N) is 2. The van der Waals surface area contributed by atoms with Crippen LogP contribution >= 0.6 is 0 Å². The van der Waals surface area contributed by atoms with Gasteiger partial charge in [-0.25, -0.2) is 13.1 Å². The molecule has 0 saturated carbocycles.